The van der Waals surface area contributed by atoms with Crippen LogP contribution in [0.2, 0.25) is 0 Å². The van der Waals surface area contributed by atoms with Crippen LogP contribution in [0.5, 0.6) is 0 Å². The topological polar surface area (TPSA) is 42.2 Å². The molecular weight excluding hydrogens is 278 g/mol. The van der Waals surface area contributed by atoms with Crippen LogP contribution in [-0.4, -0.2) is 12.0 Å². The molecule has 0 radical (unpaired) electrons. The van der Waals surface area contributed by atoms with Crippen LogP contribution in [0.4, 0.5) is 5.13 Å². The fraction of sp³-hybridized carbons (Fsp3) is 0.471. The highest BCUT2D eigenvalue weighted by Gasteiger charge is 2.33. The number of hydrogen-bond donors (Lipinski definition) is 1. The summed E-state index contributed by atoms with van der Waals surface area (Å²) in [5.74, 6) is 0. The van der Waals surface area contributed by atoms with E-state index in [2.05, 4.69) is 50.1 Å². The van der Waals surface area contributed by atoms with Crippen molar-refractivity contribution in [2.24, 2.45) is 11.1 Å². The Labute approximate surface area is 130 Å². The molecule has 1 aliphatic rings. The summed E-state index contributed by atoms with van der Waals surface area (Å²) in [5.41, 5.74) is 9.11. The lowest BCUT2D eigenvalue weighted by Gasteiger charge is -2.32. The first-order valence-corrected chi connectivity index (χ1v) is 8.26. The Morgan fingerprint density at radius 1 is 1.33 bits per heavy atom. The molecule has 1 aromatic carbocycles. The maximum absolute atomic E-state index is 6.34. The molecule has 3 rings (SSSR count). The van der Waals surface area contributed by atoms with Gasteiger partial charge < -0.3 is 10.6 Å². The van der Waals surface area contributed by atoms with Gasteiger partial charge in [0.25, 0.3) is 0 Å². The molecule has 0 saturated carbocycles. The van der Waals surface area contributed by atoms with Gasteiger partial charge in [-0.3, -0.25) is 0 Å². The average molecular weight is 301 g/mol. The van der Waals surface area contributed by atoms with Gasteiger partial charge in [-0.2, -0.15) is 0 Å². The van der Waals surface area contributed by atoms with Gasteiger partial charge in [-0.25, -0.2) is 4.98 Å². The monoisotopic (exact) mass is 301 g/mol. The molecule has 1 heterocycles. The van der Waals surface area contributed by atoms with Crippen molar-refractivity contribution < 1.29 is 0 Å². The van der Waals surface area contributed by atoms with Crippen molar-refractivity contribution in [3.63, 3.8) is 0 Å². The van der Waals surface area contributed by atoms with Crippen LogP contribution in [0.25, 0.3) is 0 Å². The van der Waals surface area contributed by atoms with Crippen LogP contribution in [0.15, 0.2) is 30.3 Å². The van der Waals surface area contributed by atoms with Crippen LogP contribution in [-0.2, 0) is 13.0 Å². The van der Waals surface area contributed by atoms with E-state index < -0.39 is 0 Å². The minimum Gasteiger partial charge on any atom is -0.347 e. The Hall–Kier alpha value is -1.39. The second-order valence-electron chi connectivity index (χ2n) is 6.80. The Morgan fingerprint density at radius 2 is 2.05 bits per heavy atom. The SMILES string of the molecule is CN(Cc1ccccc1)c1nc2c(s1)C(N)CC(C)(C)C2. The molecule has 1 atom stereocenters. The first kappa shape index (κ1) is 14.5. The molecule has 112 valence electrons. The largest absolute Gasteiger partial charge is 0.347 e. The van der Waals surface area contributed by atoms with E-state index in [-0.39, 0.29) is 11.5 Å². The number of hydrogen-bond acceptors (Lipinski definition) is 4. The maximum atomic E-state index is 6.34. The predicted molar refractivity (Wildman–Crippen MR) is 89.7 cm³/mol. The Balaban J connectivity index is 1.81. The number of thiazole rings is 1. The molecule has 0 saturated heterocycles. The van der Waals surface area contributed by atoms with Gasteiger partial charge in [0.15, 0.2) is 5.13 Å². The van der Waals surface area contributed by atoms with E-state index in [0.717, 1.165) is 24.5 Å². The fourth-order valence-electron chi connectivity index (χ4n) is 3.07. The zero-order chi connectivity index (χ0) is 15.0. The van der Waals surface area contributed by atoms with Crippen molar-refractivity contribution in [1.82, 2.24) is 4.98 Å². The maximum Gasteiger partial charge on any atom is 0.185 e. The van der Waals surface area contributed by atoms with E-state index in [0.29, 0.717) is 0 Å². The van der Waals surface area contributed by atoms with Gasteiger partial charge in [0.05, 0.1) is 5.69 Å². The zero-order valence-corrected chi connectivity index (χ0v) is 13.8. The van der Waals surface area contributed by atoms with Crippen LogP contribution < -0.4 is 10.6 Å². The third kappa shape index (κ3) is 3.11. The van der Waals surface area contributed by atoms with E-state index in [4.69, 9.17) is 10.7 Å². The minimum absolute atomic E-state index is 0.139. The van der Waals surface area contributed by atoms with Crippen LogP contribution in [0, 0.1) is 5.41 Å². The first-order valence-electron chi connectivity index (χ1n) is 7.45. The molecule has 0 fully saturated rings. The van der Waals surface area contributed by atoms with Crippen molar-refractivity contribution in [1.29, 1.82) is 0 Å². The standard InChI is InChI=1S/C17H23N3S/c1-17(2)9-13(18)15-14(10-17)19-16(21-15)20(3)11-12-7-5-4-6-8-12/h4-8,13H,9-11,18H2,1-3H3. The highest BCUT2D eigenvalue weighted by molar-refractivity contribution is 7.15. The molecule has 0 amide bonds. The quantitative estimate of drug-likeness (QED) is 0.938. The van der Waals surface area contributed by atoms with Crippen molar-refractivity contribution in [2.75, 3.05) is 11.9 Å². The first-order chi connectivity index (χ1) is 9.94. The normalized spacial score (nSPS) is 20.1. The highest BCUT2D eigenvalue weighted by atomic mass is 32.1. The van der Waals surface area contributed by atoms with Crippen molar-refractivity contribution >= 4 is 16.5 Å². The second kappa shape index (κ2) is 5.43. The van der Waals surface area contributed by atoms with Gasteiger partial charge in [0, 0.05) is 24.5 Å². The lowest BCUT2D eigenvalue weighted by Crippen LogP contribution is -2.28. The van der Waals surface area contributed by atoms with Gasteiger partial charge in [-0.05, 0) is 23.8 Å². The number of rotatable bonds is 3. The Bertz CT molecular complexity index is 618. The fourth-order valence-corrected chi connectivity index (χ4v) is 4.11. The van der Waals surface area contributed by atoms with E-state index in [9.17, 15) is 0 Å². The molecular formula is C17H23N3S. The number of benzene rings is 1. The zero-order valence-electron chi connectivity index (χ0n) is 13.0. The second-order valence-corrected chi connectivity index (χ2v) is 7.81. The average Bonchev–Trinajstić information content (AvgIpc) is 2.82. The summed E-state index contributed by atoms with van der Waals surface area (Å²) in [6, 6.07) is 10.6. The smallest absolute Gasteiger partial charge is 0.185 e. The summed E-state index contributed by atoms with van der Waals surface area (Å²) >= 11 is 1.76. The van der Waals surface area contributed by atoms with E-state index in [1.807, 2.05) is 6.07 Å². The minimum atomic E-state index is 0.139. The number of aromatic nitrogens is 1. The van der Waals surface area contributed by atoms with Gasteiger partial charge >= 0.3 is 0 Å². The third-order valence-corrected chi connectivity index (χ3v) is 5.40. The van der Waals surface area contributed by atoms with E-state index in [1.165, 1.54) is 16.1 Å². The van der Waals surface area contributed by atoms with Crippen LogP contribution >= 0.6 is 11.3 Å². The molecule has 21 heavy (non-hydrogen) atoms. The summed E-state index contributed by atoms with van der Waals surface area (Å²) in [4.78, 5) is 8.36. The van der Waals surface area contributed by atoms with Gasteiger partial charge in [-0.15, -0.1) is 0 Å². The van der Waals surface area contributed by atoms with Gasteiger partial charge in [-0.1, -0.05) is 55.5 Å². The lowest BCUT2D eigenvalue weighted by atomic mass is 9.77. The molecule has 3 nitrogen and oxygen atoms in total. The van der Waals surface area contributed by atoms with Crippen molar-refractivity contribution in [2.45, 2.75) is 39.3 Å². The molecule has 4 heteroatoms. The van der Waals surface area contributed by atoms with Gasteiger partial charge in [0.2, 0.25) is 0 Å². The summed E-state index contributed by atoms with van der Waals surface area (Å²) in [7, 11) is 2.11. The van der Waals surface area contributed by atoms with Crippen LogP contribution in [0.1, 0.15) is 42.4 Å². The van der Waals surface area contributed by atoms with Crippen LogP contribution in [0.3, 0.4) is 0 Å². The third-order valence-electron chi connectivity index (χ3n) is 4.06. The molecule has 0 aliphatic heterocycles. The predicted octanol–water partition coefficient (Wildman–Crippen LogP) is 3.75. The molecule has 2 aromatic rings. The lowest BCUT2D eigenvalue weighted by molar-refractivity contribution is 0.282. The van der Waals surface area contributed by atoms with E-state index >= 15 is 0 Å². The van der Waals surface area contributed by atoms with Gasteiger partial charge in [0.1, 0.15) is 0 Å². The Kier molecular flexibility index (Phi) is 3.76. The number of anilines is 1. The summed E-state index contributed by atoms with van der Waals surface area (Å²) < 4.78 is 0. The van der Waals surface area contributed by atoms with Crippen molar-refractivity contribution in [3.8, 4) is 0 Å². The summed E-state index contributed by atoms with van der Waals surface area (Å²) in [5, 5.41) is 1.08. The summed E-state index contributed by atoms with van der Waals surface area (Å²) in [6.45, 7) is 5.44. The molecule has 0 bridgehead atoms. The number of nitrogens with two attached hydrogens (primary N) is 1. The molecule has 2 N–H and O–H groups in total. The number of nitrogens with zero attached hydrogens (tertiary/aromatic N) is 2. The molecule has 1 aromatic heterocycles. The Morgan fingerprint density at radius 3 is 2.76 bits per heavy atom. The molecule has 1 aliphatic carbocycles. The summed E-state index contributed by atoms with van der Waals surface area (Å²) in [6.07, 6.45) is 2.08. The highest BCUT2D eigenvalue weighted by Crippen LogP contribution is 2.43. The van der Waals surface area contributed by atoms with E-state index in [1.54, 1.807) is 11.3 Å². The molecule has 0 spiro atoms. The van der Waals surface area contributed by atoms with Crippen molar-refractivity contribution in [3.05, 3.63) is 46.5 Å². The number of fused-ring (bicyclic) bond motifs is 1. The molecule has 1 unspecified atom stereocenters.